The number of aryl methyl sites for hydroxylation is 2. The quantitative estimate of drug-likeness (QED) is 0.862. The molecule has 1 aromatic heterocycles. The van der Waals surface area contributed by atoms with Gasteiger partial charge in [0.1, 0.15) is 12.4 Å². The van der Waals surface area contributed by atoms with E-state index in [9.17, 15) is 8.42 Å². The van der Waals surface area contributed by atoms with Crippen LogP contribution in [0.2, 0.25) is 5.02 Å². The molecule has 2 N–H and O–H groups in total. The molecule has 0 unspecified atom stereocenters. The van der Waals surface area contributed by atoms with E-state index in [4.69, 9.17) is 21.5 Å². The molecule has 2 aromatic rings. The molecule has 9 heteroatoms. The molecule has 21 heavy (non-hydrogen) atoms. The molecule has 114 valence electrons. The van der Waals surface area contributed by atoms with E-state index < -0.39 is 10.0 Å². The van der Waals surface area contributed by atoms with Crippen LogP contribution in [-0.2, 0) is 23.7 Å². The molecule has 6 nitrogen and oxygen atoms in total. The highest BCUT2D eigenvalue weighted by Crippen LogP contribution is 2.29. The topological polar surface area (TPSA) is 87.2 Å². The first-order valence-corrected chi connectivity index (χ1v) is 8.55. The summed E-state index contributed by atoms with van der Waals surface area (Å²) < 4.78 is 30.3. The van der Waals surface area contributed by atoms with Gasteiger partial charge < -0.3 is 4.74 Å². The third-order valence-electron chi connectivity index (χ3n) is 2.86. The second-order valence-electron chi connectivity index (χ2n) is 4.40. The van der Waals surface area contributed by atoms with Crippen molar-refractivity contribution in [3.05, 3.63) is 39.1 Å². The number of benzene rings is 1. The van der Waals surface area contributed by atoms with E-state index in [-0.39, 0.29) is 11.5 Å². The SMILES string of the molecule is Cc1nn(C)c(COc2ccc(S(N)(=O)=O)cc2Br)c1Cl. The molecule has 0 aliphatic heterocycles. The predicted molar refractivity (Wildman–Crippen MR) is 82.8 cm³/mol. The van der Waals surface area contributed by atoms with Crippen LogP contribution in [0.5, 0.6) is 5.75 Å². The summed E-state index contributed by atoms with van der Waals surface area (Å²) in [7, 11) is -1.97. The van der Waals surface area contributed by atoms with Gasteiger partial charge in [-0.1, -0.05) is 11.6 Å². The minimum absolute atomic E-state index is 0.0103. The van der Waals surface area contributed by atoms with E-state index in [2.05, 4.69) is 21.0 Å². The van der Waals surface area contributed by atoms with Crippen molar-refractivity contribution in [2.45, 2.75) is 18.4 Å². The van der Waals surface area contributed by atoms with E-state index in [0.717, 1.165) is 11.4 Å². The van der Waals surface area contributed by atoms with Gasteiger partial charge in [0, 0.05) is 7.05 Å². The standard InChI is InChI=1S/C12H13BrClN3O3S/c1-7-12(14)10(17(2)16-7)6-20-11-4-3-8(5-9(11)13)21(15,18)19/h3-5H,6H2,1-2H3,(H2,15,18,19). The van der Waals surface area contributed by atoms with Gasteiger partial charge in [0.25, 0.3) is 0 Å². The third kappa shape index (κ3) is 3.57. The number of nitrogens with two attached hydrogens (primary N) is 1. The largest absolute Gasteiger partial charge is 0.486 e. The van der Waals surface area contributed by atoms with Crippen molar-refractivity contribution in [1.29, 1.82) is 0 Å². The van der Waals surface area contributed by atoms with Gasteiger partial charge in [0.05, 0.1) is 25.8 Å². The lowest BCUT2D eigenvalue weighted by Crippen LogP contribution is -2.12. The Kier molecular flexibility index (Phi) is 4.62. The molecule has 0 aliphatic carbocycles. The molecule has 0 aliphatic rings. The smallest absolute Gasteiger partial charge is 0.238 e. The van der Waals surface area contributed by atoms with Crippen LogP contribution in [0.4, 0.5) is 0 Å². The zero-order valence-electron chi connectivity index (χ0n) is 11.3. The van der Waals surface area contributed by atoms with Gasteiger partial charge in [-0.3, -0.25) is 4.68 Å². The van der Waals surface area contributed by atoms with Gasteiger partial charge in [-0.15, -0.1) is 0 Å². The Bertz CT molecular complexity index is 789. The highest BCUT2D eigenvalue weighted by molar-refractivity contribution is 9.10. The van der Waals surface area contributed by atoms with Crippen LogP contribution in [0.15, 0.2) is 27.6 Å². The Morgan fingerprint density at radius 1 is 1.48 bits per heavy atom. The summed E-state index contributed by atoms with van der Waals surface area (Å²) >= 11 is 9.39. The van der Waals surface area contributed by atoms with E-state index in [0.29, 0.717) is 15.2 Å². The molecule has 0 bridgehead atoms. The van der Waals surface area contributed by atoms with Gasteiger partial charge in [0.15, 0.2) is 0 Å². The predicted octanol–water partition coefficient (Wildman–Crippen LogP) is 2.37. The number of aromatic nitrogens is 2. The summed E-state index contributed by atoms with van der Waals surface area (Å²) in [6.45, 7) is 2.02. The second kappa shape index (κ2) is 5.96. The zero-order valence-corrected chi connectivity index (χ0v) is 14.5. The number of hydrogen-bond acceptors (Lipinski definition) is 4. The molecule has 0 radical (unpaired) electrons. The molecule has 0 atom stereocenters. The number of halogens is 2. The van der Waals surface area contributed by atoms with Crippen molar-refractivity contribution >= 4 is 37.6 Å². The van der Waals surface area contributed by atoms with E-state index in [1.165, 1.54) is 18.2 Å². The molecular weight excluding hydrogens is 382 g/mol. The number of nitrogens with zero attached hydrogens (tertiary/aromatic N) is 2. The van der Waals surface area contributed by atoms with Gasteiger partial charge in [-0.05, 0) is 41.1 Å². The molecule has 0 saturated carbocycles. The Morgan fingerprint density at radius 3 is 2.62 bits per heavy atom. The molecule has 0 spiro atoms. The molecule has 1 aromatic carbocycles. The fourth-order valence-electron chi connectivity index (χ4n) is 1.76. The van der Waals surface area contributed by atoms with E-state index >= 15 is 0 Å². The number of primary sulfonamides is 1. The van der Waals surface area contributed by atoms with Crippen molar-refractivity contribution in [3.63, 3.8) is 0 Å². The average molecular weight is 395 g/mol. The van der Waals surface area contributed by atoms with Crippen LogP contribution < -0.4 is 9.88 Å². The highest BCUT2D eigenvalue weighted by atomic mass is 79.9. The maximum Gasteiger partial charge on any atom is 0.238 e. The highest BCUT2D eigenvalue weighted by Gasteiger charge is 2.14. The fraction of sp³-hybridized carbons (Fsp3) is 0.250. The summed E-state index contributed by atoms with van der Waals surface area (Å²) in [6.07, 6.45) is 0. The Hall–Kier alpha value is -1.09. The lowest BCUT2D eigenvalue weighted by molar-refractivity contribution is 0.293. The zero-order chi connectivity index (χ0) is 15.8. The Labute approximate surface area is 136 Å². The minimum Gasteiger partial charge on any atom is -0.486 e. The number of ether oxygens (including phenoxy) is 1. The average Bonchev–Trinajstić information content (AvgIpc) is 2.61. The van der Waals surface area contributed by atoms with Crippen molar-refractivity contribution < 1.29 is 13.2 Å². The first-order valence-electron chi connectivity index (χ1n) is 5.83. The van der Waals surface area contributed by atoms with Crippen molar-refractivity contribution in [1.82, 2.24) is 9.78 Å². The molecule has 1 heterocycles. The van der Waals surface area contributed by atoms with Gasteiger partial charge in [-0.2, -0.15) is 5.10 Å². The Morgan fingerprint density at radius 2 is 2.14 bits per heavy atom. The van der Waals surface area contributed by atoms with Crippen molar-refractivity contribution in [2.75, 3.05) is 0 Å². The number of sulfonamides is 1. The monoisotopic (exact) mass is 393 g/mol. The second-order valence-corrected chi connectivity index (χ2v) is 7.19. The summed E-state index contributed by atoms with van der Waals surface area (Å²) in [5.41, 5.74) is 1.46. The summed E-state index contributed by atoms with van der Waals surface area (Å²) in [4.78, 5) is 0.0103. The number of hydrogen-bond donors (Lipinski definition) is 1. The maximum absolute atomic E-state index is 11.3. The van der Waals surface area contributed by atoms with Crippen LogP contribution in [0, 0.1) is 6.92 Å². The molecule has 0 amide bonds. The summed E-state index contributed by atoms with van der Waals surface area (Å²) in [6, 6.07) is 4.30. The minimum atomic E-state index is -3.74. The lowest BCUT2D eigenvalue weighted by Gasteiger charge is -2.10. The van der Waals surface area contributed by atoms with Gasteiger partial charge in [0.2, 0.25) is 10.0 Å². The maximum atomic E-state index is 11.3. The third-order valence-corrected chi connectivity index (χ3v) is 4.88. The van der Waals surface area contributed by atoms with Crippen LogP contribution in [-0.4, -0.2) is 18.2 Å². The fourth-order valence-corrected chi connectivity index (χ4v) is 3.16. The lowest BCUT2D eigenvalue weighted by atomic mass is 10.3. The first kappa shape index (κ1) is 16.3. The molecule has 0 fully saturated rings. The van der Waals surface area contributed by atoms with Crippen LogP contribution in [0.1, 0.15) is 11.4 Å². The van der Waals surface area contributed by atoms with Crippen molar-refractivity contribution in [2.24, 2.45) is 12.2 Å². The molecule has 0 saturated heterocycles. The first-order chi connectivity index (χ1) is 9.70. The Balaban J connectivity index is 2.21. The van der Waals surface area contributed by atoms with E-state index in [1.54, 1.807) is 11.7 Å². The van der Waals surface area contributed by atoms with Crippen LogP contribution >= 0.6 is 27.5 Å². The van der Waals surface area contributed by atoms with Gasteiger partial charge >= 0.3 is 0 Å². The normalized spacial score (nSPS) is 11.7. The number of rotatable bonds is 4. The van der Waals surface area contributed by atoms with Crippen LogP contribution in [0.25, 0.3) is 0 Å². The summed E-state index contributed by atoms with van der Waals surface area (Å²) in [5.74, 6) is 0.484. The van der Waals surface area contributed by atoms with E-state index in [1.807, 2.05) is 6.92 Å². The summed E-state index contributed by atoms with van der Waals surface area (Å²) in [5, 5.41) is 9.80. The molecule has 2 rings (SSSR count). The van der Waals surface area contributed by atoms with Crippen LogP contribution in [0.3, 0.4) is 0 Å². The molecular formula is C12H13BrClN3O3S. The van der Waals surface area contributed by atoms with Crippen molar-refractivity contribution in [3.8, 4) is 5.75 Å². The van der Waals surface area contributed by atoms with Gasteiger partial charge in [-0.25, -0.2) is 13.6 Å².